The Hall–Kier alpha value is -1.91. The molecule has 112 valence electrons. The molecule has 3 N–H and O–H groups in total. The summed E-state index contributed by atoms with van der Waals surface area (Å²) in [5.74, 6) is 2.46. The van der Waals surface area contributed by atoms with Crippen molar-refractivity contribution >= 4 is 5.96 Å². The number of nitrogens with one attached hydrogen (secondary N) is 1. The second kappa shape index (κ2) is 8.30. The third kappa shape index (κ3) is 5.38. The summed E-state index contributed by atoms with van der Waals surface area (Å²) < 4.78 is 10.8. The highest BCUT2D eigenvalue weighted by Crippen LogP contribution is 2.28. The van der Waals surface area contributed by atoms with Crippen LogP contribution in [0.3, 0.4) is 0 Å². The van der Waals surface area contributed by atoms with Crippen LogP contribution >= 0.6 is 0 Å². The van der Waals surface area contributed by atoms with E-state index < -0.39 is 0 Å². The molecule has 0 aliphatic rings. The van der Waals surface area contributed by atoms with Crippen LogP contribution in [0.4, 0.5) is 0 Å². The van der Waals surface area contributed by atoms with Crippen LogP contribution in [0.2, 0.25) is 0 Å². The van der Waals surface area contributed by atoms with Crippen LogP contribution in [-0.4, -0.2) is 26.2 Å². The number of nitrogens with two attached hydrogens (primary N) is 1. The average molecular weight is 279 g/mol. The Morgan fingerprint density at radius 3 is 2.70 bits per heavy atom. The highest BCUT2D eigenvalue weighted by molar-refractivity contribution is 5.77. The monoisotopic (exact) mass is 279 g/mol. The smallest absolute Gasteiger partial charge is 0.188 e. The number of rotatable bonds is 7. The van der Waals surface area contributed by atoms with E-state index in [2.05, 4.69) is 24.2 Å². The molecule has 0 saturated carbocycles. The van der Waals surface area contributed by atoms with Crippen molar-refractivity contribution < 1.29 is 9.47 Å². The first-order chi connectivity index (χ1) is 9.56. The lowest BCUT2D eigenvalue weighted by molar-refractivity contribution is 0.310. The fourth-order valence-electron chi connectivity index (χ4n) is 1.63. The number of ether oxygens (including phenoxy) is 2. The van der Waals surface area contributed by atoms with Gasteiger partial charge in [0.1, 0.15) is 0 Å². The quantitative estimate of drug-likeness (QED) is 0.593. The van der Waals surface area contributed by atoms with E-state index in [1.54, 1.807) is 7.11 Å². The van der Waals surface area contributed by atoms with Gasteiger partial charge in [-0.25, -0.2) is 4.99 Å². The molecule has 5 heteroatoms. The van der Waals surface area contributed by atoms with Crippen molar-refractivity contribution in [2.24, 2.45) is 16.6 Å². The largest absolute Gasteiger partial charge is 0.493 e. The zero-order valence-electron chi connectivity index (χ0n) is 12.8. The molecule has 0 amide bonds. The minimum atomic E-state index is 0.465. The van der Waals surface area contributed by atoms with Crippen LogP contribution in [0.1, 0.15) is 26.3 Å². The zero-order chi connectivity index (χ0) is 15.0. The van der Waals surface area contributed by atoms with Gasteiger partial charge < -0.3 is 20.5 Å². The Labute approximate surface area is 121 Å². The van der Waals surface area contributed by atoms with E-state index in [4.69, 9.17) is 15.2 Å². The summed E-state index contributed by atoms with van der Waals surface area (Å²) in [5, 5.41) is 3.09. The Balaban J connectivity index is 2.67. The summed E-state index contributed by atoms with van der Waals surface area (Å²) >= 11 is 0. The van der Waals surface area contributed by atoms with Gasteiger partial charge in [-0.15, -0.1) is 0 Å². The number of hydrogen-bond donors (Lipinski definition) is 2. The predicted molar refractivity (Wildman–Crippen MR) is 82.3 cm³/mol. The van der Waals surface area contributed by atoms with Crippen LogP contribution in [0.15, 0.2) is 23.2 Å². The van der Waals surface area contributed by atoms with Crippen molar-refractivity contribution in [2.75, 3.05) is 20.3 Å². The molecule has 0 fully saturated rings. The molecule has 5 nitrogen and oxygen atoms in total. The van der Waals surface area contributed by atoms with Gasteiger partial charge in [0.25, 0.3) is 0 Å². The molecule has 0 spiro atoms. The lowest BCUT2D eigenvalue weighted by Gasteiger charge is -2.11. The number of hydrogen-bond acceptors (Lipinski definition) is 3. The summed E-state index contributed by atoms with van der Waals surface area (Å²) in [7, 11) is 1.63. The van der Waals surface area contributed by atoms with Gasteiger partial charge in [0.15, 0.2) is 17.5 Å². The van der Waals surface area contributed by atoms with E-state index in [0.29, 0.717) is 25.0 Å². The van der Waals surface area contributed by atoms with E-state index in [1.807, 2.05) is 25.1 Å². The lowest BCUT2D eigenvalue weighted by Crippen LogP contribution is -2.34. The Morgan fingerprint density at radius 2 is 2.10 bits per heavy atom. The topological polar surface area (TPSA) is 68.9 Å². The Kier molecular flexibility index (Phi) is 6.70. The number of methoxy groups -OCH3 is 1. The Bertz CT molecular complexity index is 445. The van der Waals surface area contributed by atoms with Crippen LogP contribution in [0.5, 0.6) is 11.5 Å². The van der Waals surface area contributed by atoms with E-state index in [9.17, 15) is 0 Å². The summed E-state index contributed by atoms with van der Waals surface area (Å²) in [4.78, 5) is 4.31. The van der Waals surface area contributed by atoms with Gasteiger partial charge in [-0.3, -0.25) is 0 Å². The van der Waals surface area contributed by atoms with Crippen molar-refractivity contribution in [3.8, 4) is 11.5 Å². The standard InChI is InChI=1S/C15H25N3O2/c1-5-20-14-8-12(6-7-13(14)19-4)10-18-15(16)17-9-11(2)3/h6-8,11H,5,9-10H2,1-4H3,(H3,16,17,18). The van der Waals surface area contributed by atoms with Crippen LogP contribution in [-0.2, 0) is 6.54 Å². The minimum absolute atomic E-state index is 0.465. The molecule has 1 aromatic rings. The maximum atomic E-state index is 5.81. The van der Waals surface area contributed by atoms with Gasteiger partial charge in [-0.2, -0.15) is 0 Å². The van der Waals surface area contributed by atoms with Crippen LogP contribution in [0.25, 0.3) is 0 Å². The van der Waals surface area contributed by atoms with Crippen molar-refractivity contribution in [2.45, 2.75) is 27.3 Å². The zero-order valence-corrected chi connectivity index (χ0v) is 12.8. The van der Waals surface area contributed by atoms with Crippen molar-refractivity contribution in [3.63, 3.8) is 0 Å². The Morgan fingerprint density at radius 1 is 1.35 bits per heavy atom. The number of benzene rings is 1. The highest BCUT2D eigenvalue weighted by atomic mass is 16.5. The molecule has 0 aliphatic heterocycles. The van der Waals surface area contributed by atoms with Gasteiger partial charge >= 0.3 is 0 Å². The molecule has 0 aromatic heterocycles. The molecule has 20 heavy (non-hydrogen) atoms. The molecule has 0 aliphatic carbocycles. The molecular weight excluding hydrogens is 254 g/mol. The van der Waals surface area contributed by atoms with Gasteiger partial charge in [-0.1, -0.05) is 19.9 Å². The number of guanidine groups is 1. The van der Waals surface area contributed by atoms with Crippen molar-refractivity contribution in [1.29, 1.82) is 0 Å². The van der Waals surface area contributed by atoms with E-state index in [-0.39, 0.29) is 0 Å². The third-order valence-corrected chi connectivity index (χ3v) is 2.65. The third-order valence-electron chi connectivity index (χ3n) is 2.65. The first kappa shape index (κ1) is 16.1. The first-order valence-electron chi connectivity index (χ1n) is 6.90. The molecule has 0 heterocycles. The summed E-state index contributed by atoms with van der Waals surface area (Å²) in [6.45, 7) is 8.12. The molecule has 0 atom stereocenters. The van der Waals surface area contributed by atoms with Crippen molar-refractivity contribution in [3.05, 3.63) is 23.8 Å². The second-order valence-electron chi connectivity index (χ2n) is 4.89. The number of aliphatic imine (C=N–C) groups is 1. The molecule has 0 bridgehead atoms. The maximum absolute atomic E-state index is 5.81. The molecule has 1 rings (SSSR count). The molecule has 0 saturated heterocycles. The molecular formula is C15H25N3O2. The van der Waals surface area contributed by atoms with Crippen LogP contribution < -0.4 is 20.5 Å². The fraction of sp³-hybridized carbons (Fsp3) is 0.533. The van der Waals surface area contributed by atoms with Gasteiger partial charge in [0.2, 0.25) is 0 Å². The lowest BCUT2D eigenvalue weighted by atomic mass is 10.2. The van der Waals surface area contributed by atoms with Gasteiger partial charge in [0, 0.05) is 6.54 Å². The fourth-order valence-corrected chi connectivity index (χ4v) is 1.63. The SMILES string of the molecule is CCOc1cc(CN=C(N)NCC(C)C)ccc1OC. The minimum Gasteiger partial charge on any atom is -0.493 e. The van der Waals surface area contributed by atoms with Crippen LogP contribution in [0, 0.1) is 5.92 Å². The molecule has 0 radical (unpaired) electrons. The molecule has 1 aromatic carbocycles. The van der Waals surface area contributed by atoms with E-state index in [0.717, 1.165) is 23.6 Å². The normalized spacial score (nSPS) is 11.6. The summed E-state index contributed by atoms with van der Waals surface area (Å²) in [6.07, 6.45) is 0. The van der Waals surface area contributed by atoms with Gasteiger partial charge in [-0.05, 0) is 30.5 Å². The van der Waals surface area contributed by atoms with Gasteiger partial charge in [0.05, 0.1) is 20.3 Å². The first-order valence-corrected chi connectivity index (χ1v) is 6.90. The summed E-state index contributed by atoms with van der Waals surface area (Å²) in [5.41, 5.74) is 6.84. The van der Waals surface area contributed by atoms with Crippen molar-refractivity contribution in [1.82, 2.24) is 5.32 Å². The van der Waals surface area contributed by atoms with E-state index >= 15 is 0 Å². The predicted octanol–water partition coefficient (Wildman–Crippen LogP) is 2.15. The second-order valence-corrected chi connectivity index (χ2v) is 4.89. The molecule has 0 unspecified atom stereocenters. The average Bonchev–Trinajstić information content (AvgIpc) is 2.43. The highest BCUT2D eigenvalue weighted by Gasteiger charge is 2.05. The maximum Gasteiger partial charge on any atom is 0.188 e. The van der Waals surface area contributed by atoms with E-state index in [1.165, 1.54) is 0 Å². The summed E-state index contributed by atoms with van der Waals surface area (Å²) in [6, 6.07) is 5.77. The number of nitrogens with zero attached hydrogens (tertiary/aromatic N) is 1.